The quantitative estimate of drug-likeness (QED) is 0.739. The zero-order chi connectivity index (χ0) is 21.7. The van der Waals surface area contributed by atoms with Gasteiger partial charge < -0.3 is 15.2 Å². The Kier molecular flexibility index (Phi) is 5.53. The van der Waals surface area contributed by atoms with Gasteiger partial charge in [0.2, 0.25) is 0 Å². The van der Waals surface area contributed by atoms with Crippen LogP contribution in [0.25, 0.3) is 0 Å². The molecule has 2 saturated carbocycles. The van der Waals surface area contributed by atoms with Crippen LogP contribution in [0.3, 0.4) is 0 Å². The van der Waals surface area contributed by atoms with E-state index in [0.29, 0.717) is 36.9 Å². The molecule has 7 unspecified atom stereocenters. The average molecular weight is 415 g/mol. The molecule has 2 heterocycles. The molecular formula is C24H38N4O2. The van der Waals surface area contributed by atoms with Gasteiger partial charge in [-0.05, 0) is 56.9 Å². The highest BCUT2D eigenvalue weighted by Crippen LogP contribution is 2.69. The Morgan fingerprint density at radius 3 is 2.90 bits per heavy atom. The normalized spacial score (nSPS) is 42.5. The number of nitriles is 1. The molecule has 0 amide bonds. The molecule has 4 aliphatic rings. The van der Waals surface area contributed by atoms with Gasteiger partial charge in [-0.1, -0.05) is 27.7 Å². The fraction of sp³-hybridized carbons (Fsp3) is 0.833. The number of fused-ring (bicyclic) bond motifs is 1. The lowest BCUT2D eigenvalue weighted by molar-refractivity contribution is -0.211. The topological polar surface area (TPSA) is 83.9 Å². The number of ether oxygens (including phenoxy) is 2. The van der Waals surface area contributed by atoms with Crippen molar-refractivity contribution in [3.8, 4) is 6.07 Å². The summed E-state index contributed by atoms with van der Waals surface area (Å²) < 4.78 is 13.0. The summed E-state index contributed by atoms with van der Waals surface area (Å²) in [5.74, 6) is 0.808. The Labute approximate surface area is 181 Å². The van der Waals surface area contributed by atoms with Gasteiger partial charge in [-0.3, -0.25) is 0 Å². The summed E-state index contributed by atoms with van der Waals surface area (Å²) in [5.41, 5.74) is 6.86. The van der Waals surface area contributed by atoms with Gasteiger partial charge in [-0.15, -0.1) is 0 Å². The fourth-order valence-corrected chi connectivity index (χ4v) is 5.75. The lowest BCUT2D eigenvalue weighted by Crippen LogP contribution is -2.64. The predicted octanol–water partition coefficient (Wildman–Crippen LogP) is 3.83. The molecule has 0 aromatic carbocycles. The molecule has 1 saturated heterocycles. The molecule has 2 bridgehead atoms. The third-order valence-corrected chi connectivity index (χ3v) is 8.73. The van der Waals surface area contributed by atoms with Gasteiger partial charge in [0.25, 0.3) is 0 Å². The van der Waals surface area contributed by atoms with Crippen molar-refractivity contribution in [3.05, 3.63) is 11.8 Å². The van der Waals surface area contributed by atoms with E-state index in [9.17, 15) is 5.26 Å². The van der Waals surface area contributed by atoms with Gasteiger partial charge >= 0.3 is 0 Å². The van der Waals surface area contributed by atoms with E-state index in [-0.39, 0.29) is 23.0 Å². The van der Waals surface area contributed by atoms with E-state index in [1.54, 1.807) is 0 Å². The molecule has 2 aliphatic carbocycles. The Bertz CT molecular complexity index is 770. The molecule has 4 rings (SSSR count). The summed E-state index contributed by atoms with van der Waals surface area (Å²) in [6.07, 6.45) is 9.17. The van der Waals surface area contributed by atoms with Crippen molar-refractivity contribution >= 4 is 6.21 Å². The smallest absolute Gasteiger partial charge is 0.133 e. The number of allylic oxidation sites excluding steroid dienone is 2. The van der Waals surface area contributed by atoms with Crippen molar-refractivity contribution in [2.75, 3.05) is 13.2 Å². The minimum atomic E-state index is -0.412. The van der Waals surface area contributed by atoms with Gasteiger partial charge in [0.05, 0.1) is 31.5 Å². The molecule has 0 aromatic heterocycles. The molecule has 0 radical (unpaired) electrons. The maximum Gasteiger partial charge on any atom is 0.133 e. The number of nitrogens with zero attached hydrogens (tertiary/aromatic N) is 3. The monoisotopic (exact) mass is 414 g/mol. The SMILES string of the molecule is CC(C)C(C)(N)COC1C(N2N=CCCCC=C2C#N)CC23CC2OCC1(C)C3C. The summed E-state index contributed by atoms with van der Waals surface area (Å²) in [6.45, 7) is 12.2. The first-order valence-corrected chi connectivity index (χ1v) is 11.6. The summed E-state index contributed by atoms with van der Waals surface area (Å²) >= 11 is 0. The molecule has 2 N–H and O–H groups in total. The van der Waals surface area contributed by atoms with Gasteiger partial charge in [-0.25, -0.2) is 5.01 Å². The zero-order valence-electron chi connectivity index (χ0n) is 19.2. The number of rotatable bonds is 5. The van der Waals surface area contributed by atoms with Gasteiger partial charge in [0, 0.05) is 22.6 Å². The summed E-state index contributed by atoms with van der Waals surface area (Å²) in [4.78, 5) is 0. The molecule has 6 nitrogen and oxygen atoms in total. The summed E-state index contributed by atoms with van der Waals surface area (Å²) in [5, 5.41) is 16.7. The maximum absolute atomic E-state index is 9.90. The van der Waals surface area contributed by atoms with E-state index < -0.39 is 5.54 Å². The third-order valence-electron chi connectivity index (χ3n) is 8.73. The van der Waals surface area contributed by atoms with Gasteiger partial charge in [-0.2, -0.15) is 10.4 Å². The molecule has 3 fully saturated rings. The van der Waals surface area contributed by atoms with Crippen LogP contribution >= 0.6 is 0 Å². The van der Waals surface area contributed by atoms with Crippen LogP contribution in [0.5, 0.6) is 0 Å². The molecule has 166 valence electrons. The predicted molar refractivity (Wildman–Crippen MR) is 118 cm³/mol. The minimum absolute atomic E-state index is 0.0170. The van der Waals surface area contributed by atoms with Crippen molar-refractivity contribution in [2.45, 2.75) is 90.5 Å². The van der Waals surface area contributed by atoms with Crippen LogP contribution in [0.1, 0.15) is 66.7 Å². The maximum atomic E-state index is 9.90. The largest absolute Gasteiger partial charge is 0.377 e. The second-order valence-corrected chi connectivity index (χ2v) is 10.9. The molecule has 1 spiro atoms. The second-order valence-electron chi connectivity index (χ2n) is 10.9. The van der Waals surface area contributed by atoms with Gasteiger partial charge in [0.1, 0.15) is 11.8 Å². The lowest BCUT2D eigenvalue weighted by atomic mass is 9.57. The highest BCUT2D eigenvalue weighted by molar-refractivity contribution is 5.57. The summed E-state index contributed by atoms with van der Waals surface area (Å²) in [7, 11) is 0. The standard InChI is InChI=1S/C24H38N4O2/c1-16(2)23(5,26)15-30-21-19(28-18(13-25)9-7-6-8-10-27-28)11-24-12-20(24)29-14-22(21,4)17(24)3/h9-10,16-17,19-21H,6-8,11-12,14-15,26H2,1-5H3. The molecule has 7 atom stereocenters. The van der Waals surface area contributed by atoms with Crippen LogP contribution in [-0.4, -0.2) is 48.2 Å². The van der Waals surface area contributed by atoms with Crippen molar-refractivity contribution in [1.82, 2.24) is 5.01 Å². The third kappa shape index (κ3) is 3.39. The number of hydrogen-bond acceptors (Lipinski definition) is 6. The fourth-order valence-electron chi connectivity index (χ4n) is 5.75. The molecule has 6 heteroatoms. The van der Waals surface area contributed by atoms with Gasteiger partial charge in [0.15, 0.2) is 0 Å². The van der Waals surface area contributed by atoms with Crippen molar-refractivity contribution in [3.63, 3.8) is 0 Å². The first kappa shape index (κ1) is 21.8. The van der Waals surface area contributed by atoms with E-state index in [0.717, 1.165) is 32.1 Å². The van der Waals surface area contributed by atoms with Crippen LogP contribution < -0.4 is 5.73 Å². The molecule has 2 aliphatic heterocycles. The number of hydrogen-bond donors (Lipinski definition) is 1. The highest BCUT2D eigenvalue weighted by Gasteiger charge is 2.72. The average Bonchev–Trinajstić information content (AvgIpc) is 3.37. The molecule has 30 heavy (non-hydrogen) atoms. The Balaban J connectivity index is 1.70. The minimum Gasteiger partial charge on any atom is -0.377 e. The lowest BCUT2D eigenvalue weighted by Gasteiger charge is -2.57. The van der Waals surface area contributed by atoms with E-state index in [2.05, 4.69) is 40.7 Å². The van der Waals surface area contributed by atoms with Crippen LogP contribution in [0.2, 0.25) is 0 Å². The molecular weight excluding hydrogens is 376 g/mol. The van der Waals surface area contributed by atoms with Crippen molar-refractivity contribution < 1.29 is 9.47 Å². The first-order valence-electron chi connectivity index (χ1n) is 11.6. The number of hydrazone groups is 1. The van der Waals surface area contributed by atoms with Crippen LogP contribution in [-0.2, 0) is 9.47 Å². The Morgan fingerprint density at radius 1 is 1.43 bits per heavy atom. The van der Waals surface area contributed by atoms with E-state index >= 15 is 0 Å². The Hall–Kier alpha value is -1.42. The Morgan fingerprint density at radius 2 is 2.20 bits per heavy atom. The van der Waals surface area contributed by atoms with Crippen LogP contribution in [0.15, 0.2) is 16.9 Å². The summed E-state index contributed by atoms with van der Waals surface area (Å²) in [6, 6.07) is 2.42. The van der Waals surface area contributed by atoms with Crippen molar-refractivity contribution in [2.24, 2.45) is 33.5 Å². The van der Waals surface area contributed by atoms with E-state index in [1.165, 1.54) is 0 Å². The van der Waals surface area contributed by atoms with E-state index in [4.69, 9.17) is 20.3 Å². The molecule has 0 aromatic rings. The highest BCUT2D eigenvalue weighted by atomic mass is 16.5. The van der Waals surface area contributed by atoms with Crippen LogP contribution in [0, 0.1) is 34.0 Å². The van der Waals surface area contributed by atoms with Crippen LogP contribution in [0.4, 0.5) is 0 Å². The number of nitrogens with two attached hydrogens (primary N) is 1. The first-order chi connectivity index (χ1) is 14.2. The zero-order valence-corrected chi connectivity index (χ0v) is 19.2. The second kappa shape index (κ2) is 7.62. The van der Waals surface area contributed by atoms with Crippen molar-refractivity contribution in [1.29, 1.82) is 5.26 Å². The van der Waals surface area contributed by atoms with E-state index in [1.807, 2.05) is 17.3 Å².